The van der Waals surface area contributed by atoms with Crippen LogP contribution in [-0.4, -0.2) is 10.9 Å². The Kier molecular flexibility index (Phi) is 3.42. The van der Waals surface area contributed by atoms with E-state index in [4.69, 9.17) is 40.0 Å². The summed E-state index contributed by atoms with van der Waals surface area (Å²) in [4.78, 5) is 0. The predicted octanol–water partition coefficient (Wildman–Crippen LogP) is 3.85. The maximum atomic E-state index is 8.53. The van der Waals surface area contributed by atoms with E-state index in [2.05, 4.69) is 5.16 Å². The van der Waals surface area contributed by atoms with Crippen LogP contribution in [0.5, 0.6) is 0 Å². The Morgan fingerprint density at radius 3 is 2.38 bits per heavy atom. The standard InChI is InChI=1S/C8H6Cl3NO/c1-4(12-13)5-2-3-6(9)8(11)7(5)10/h2-3,13H,1H3/b12-4-. The molecule has 0 aliphatic carbocycles. The first-order chi connectivity index (χ1) is 6.07. The monoisotopic (exact) mass is 237 g/mol. The molecule has 1 N–H and O–H groups in total. The molecule has 0 radical (unpaired) electrons. The van der Waals surface area contributed by atoms with Gasteiger partial charge >= 0.3 is 0 Å². The van der Waals surface area contributed by atoms with Gasteiger partial charge in [-0.25, -0.2) is 0 Å². The van der Waals surface area contributed by atoms with Crippen molar-refractivity contribution in [3.05, 3.63) is 32.8 Å². The van der Waals surface area contributed by atoms with Crippen molar-refractivity contribution in [1.82, 2.24) is 0 Å². The van der Waals surface area contributed by atoms with Crippen LogP contribution in [0.4, 0.5) is 0 Å². The number of nitrogens with zero attached hydrogens (tertiary/aromatic N) is 1. The lowest BCUT2D eigenvalue weighted by Gasteiger charge is -2.04. The van der Waals surface area contributed by atoms with Gasteiger partial charge in [-0.15, -0.1) is 0 Å². The van der Waals surface area contributed by atoms with Crippen molar-refractivity contribution in [2.24, 2.45) is 5.16 Å². The molecule has 1 aromatic carbocycles. The lowest BCUT2D eigenvalue weighted by atomic mass is 10.1. The highest BCUT2D eigenvalue weighted by Crippen LogP contribution is 2.32. The van der Waals surface area contributed by atoms with Gasteiger partial charge in [0.05, 0.1) is 20.8 Å². The van der Waals surface area contributed by atoms with Crippen molar-refractivity contribution in [2.45, 2.75) is 6.92 Å². The molecule has 1 rings (SSSR count). The number of hydrogen-bond acceptors (Lipinski definition) is 2. The van der Waals surface area contributed by atoms with Crippen molar-refractivity contribution in [3.63, 3.8) is 0 Å². The smallest absolute Gasteiger partial charge is 0.0852 e. The zero-order valence-electron chi connectivity index (χ0n) is 6.68. The Labute approximate surface area is 90.7 Å². The van der Waals surface area contributed by atoms with E-state index >= 15 is 0 Å². The molecular weight excluding hydrogens is 232 g/mol. The maximum Gasteiger partial charge on any atom is 0.0852 e. The van der Waals surface area contributed by atoms with E-state index < -0.39 is 0 Å². The minimum atomic E-state index is 0.267. The minimum absolute atomic E-state index is 0.267. The molecule has 0 aliphatic rings. The highest BCUT2D eigenvalue weighted by Gasteiger charge is 2.10. The fraction of sp³-hybridized carbons (Fsp3) is 0.125. The fourth-order valence-electron chi connectivity index (χ4n) is 0.859. The normalized spacial score (nSPS) is 11.8. The molecule has 0 saturated heterocycles. The molecule has 70 valence electrons. The lowest BCUT2D eigenvalue weighted by Crippen LogP contribution is -1.95. The van der Waals surface area contributed by atoms with Crippen LogP contribution >= 0.6 is 34.8 Å². The number of halogens is 3. The van der Waals surface area contributed by atoms with Gasteiger partial charge in [-0.3, -0.25) is 0 Å². The molecule has 1 aromatic rings. The van der Waals surface area contributed by atoms with E-state index in [1.165, 1.54) is 0 Å². The summed E-state index contributed by atoms with van der Waals surface area (Å²) < 4.78 is 0. The third-order valence-corrected chi connectivity index (χ3v) is 2.87. The Morgan fingerprint density at radius 1 is 1.23 bits per heavy atom. The van der Waals surface area contributed by atoms with Crippen LogP contribution in [-0.2, 0) is 0 Å². The van der Waals surface area contributed by atoms with Crippen LogP contribution in [0.15, 0.2) is 17.3 Å². The molecule has 0 bridgehead atoms. The second-order valence-corrected chi connectivity index (χ2v) is 3.57. The van der Waals surface area contributed by atoms with E-state index in [0.29, 0.717) is 21.3 Å². The predicted molar refractivity (Wildman–Crippen MR) is 55.5 cm³/mol. The number of benzene rings is 1. The van der Waals surface area contributed by atoms with Crippen molar-refractivity contribution in [1.29, 1.82) is 0 Å². The summed E-state index contributed by atoms with van der Waals surface area (Å²) in [5.74, 6) is 0. The summed E-state index contributed by atoms with van der Waals surface area (Å²) in [5.41, 5.74) is 0.960. The van der Waals surface area contributed by atoms with Crippen LogP contribution in [0, 0.1) is 0 Å². The Hall–Kier alpha value is -0.440. The average molecular weight is 239 g/mol. The molecule has 0 spiro atoms. The van der Waals surface area contributed by atoms with Gasteiger partial charge in [0.2, 0.25) is 0 Å². The van der Waals surface area contributed by atoms with E-state index in [0.717, 1.165) is 0 Å². The molecule has 0 aromatic heterocycles. The molecule has 5 heteroatoms. The lowest BCUT2D eigenvalue weighted by molar-refractivity contribution is 0.319. The molecule has 13 heavy (non-hydrogen) atoms. The number of rotatable bonds is 1. The first-order valence-electron chi connectivity index (χ1n) is 3.40. The van der Waals surface area contributed by atoms with Gasteiger partial charge in [-0.05, 0) is 19.1 Å². The second kappa shape index (κ2) is 4.18. The van der Waals surface area contributed by atoms with Crippen molar-refractivity contribution in [3.8, 4) is 0 Å². The highest BCUT2D eigenvalue weighted by molar-refractivity contribution is 6.49. The third kappa shape index (κ3) is 2.08. The van der Waals surface area contributed by atoms with Crippen molar-refractivity contribution >= 4 is 40.5 Å². The van der Waals surface area contributed by atoms with E-state index in [9.17, 15) is 0 Å². The minimum Gasteiger partial charge on any atom is -0.411 e. The first kappa shape index (κ1) is 10.6. The largest absolute Gasteiger partial charge is 0.411 e. The average Bonchev–Trinajstić information content (AvgIpc) is 2.13. The topological polar surface area (TPSA) is 32.6 Å². The van der Waals surface area contributed by atoms with Crippen LogP contribution < -0.4 is 0 Å². The van der Waals surface area contributed by atoms with E-state index in [1.54, 1.807) is 19.1 Å². The summed E-state index contributed by atoms with van der Waals surface area (Å²) in [6, 6.07) is 3.24. The zero-order chi connectivity index (χ0) is 10.0. The first-order valence-corrected chi connectivity index (χ1v) is 4.54. The third-order valence-electron chi connectivity index (χ3n) is 1.57. The van der Waals surface area contributed by atoms with Gasteiger partial charge in [0.15, 0.2) is 0 Å². The van der Waals surface area contributed by atoms with Crippen LogP contribution in [0.25, 0.3) is 0 Å². The van der Waals surface area contributed by atoms with Gasteiger partial charge in [-0.2, -0.15) is 0 Å². The van der Waals surface area contributed by atoms with Crippen LogP contribution in [0.1, 0.15) is 12.5 Å². The molecule has 0 saturated carbocycles. The van der Waals surface area contributed by atoms with E-state index in [-0.39, 0.29) is 5.02 Å². The van der Waals surface area contributed by atoms with Gasteiger partial charge in [0.1, 0.15) is 0 Å². The molecular formula is C8H6Cl3NO. The maximum absolute atomic E-state index is 8.53. The summed E-state index contributed by atoms with van der Waals surface area (Å²) in [7, 11) is 0. The molecule has 0 unspecified atom stereocenters. The fourth-order valence-corrected chi connectivity index (χ4v) is 1.53. The summed E-state index contributed by atoms with van der Waals surface area (Å²) in [5, 5.41) is 12.5. The van der Waals surface area contributed by atoms with Crippen molar-refractivity contribution in [2.75, 3.05) is 0 Å². The quantitative estimate of drug-likeness (QED) is 0.343. The second-order valence-electron chi connectivity index (χ2n) is 2.41. The number of hydrogen-bond donors (Lipinski definition) is 1. The van der Waals surface area contributed by atoms with Gasteiger partial charge < -0.3 is 5.21 Å². The van der Waals surface area contributed by atoms with E-state index in [1.807, 2.05) is 0 Å². The SMILES string of the molecule is C/C(=N/O)c1ccc(Cl)c(Cl)c1Cl. The Bertz CT molecular complexity index is 363. The molecule has 0 aliphatic heterocycles. The highest BCUT2D eigenvalue weighted by atomic mass is 35.5. The Balaban J connectivity index is 3.34. The van der Waals surface area contributed by atoms with Gasteiger partial charge in [-0.1, -0.05) is 40.0 Å². The zero-order valence-corrected chi connectivity index (χ0v) is 8.95. The summed E-state index contributed by atoms with van der Waals surface area (Å²) >= 11 is 17.4. The Morgan fingerprint density at radius 2 is 1.85 bits per heavy atom. The van der Waals surface area contributed by atoms with Gasteiger partial charge in [0.25, 0.3) is 0 Å². The molecule has 0 atom stereocenters. The number of oxime groups is 1. The molecule has 0 fully saturated rings. The summed E-state index contributed by atoms with van der Waals surface area (Å²) in [6.45, 7) is 1.62. The van der Waals surface area contributed by atoms with Crippen LogP contribution in [0.2, 0.25) is 15.1 Å². The van der Waals surface area contributed by atoms with Gasteiger partial charge in [0, 0.05) is 5.56 Å². The summed E-state index contributed by atoms with van der Waals surface area (Å²) in [6.07, 6.45) is 0. The van der Waals surface area contributed by atoms with Crippen molar-refractivity contribution < 1.29 is 5.21 Å². The van der Waals surface area contributed by atoms with Crippen LogP contribution in [0.3, 0.4) is 0 Å². The molecule has 0 amide bonds. The molecule has 0 heterocycles. The molecule has 2 nitrogen and oxygen atoms in total.